The molecule has 3 heterocycles. The first kappa shape index (κ1) is 22.3. The van der Waals surface area contributed by atoms with E-state index in [0.29, 0.717) is 0 Å². The van der Waals surface area contributed by atoms with Gasteiger partial charge in [-0.05, 0) is 61.4 Å². The van der Waals surface area contributed by atoms with Gasteiger partial charge in [0.2, 0.25) is 0 Å². The molecule has 0 radical (unpaired) electrons. The Balaban J connectivity index is 1.36. The molecule has 4 heteroatoms. The van der Waals surface area contributed by atoms with Crippen LogP contribution in [0.25, 0.3) is 42.8 Å². The van der Waals surface area contributed by atoms with E-state index in [9.17, 15) is 0 Å². The second-order valence-corrected chi connectivity index (χ2v) is 11.0. The SMILES string of the molecule is C1=Cc2c(n(-c3ccc4sc5c(N(c6ccccc6)c6ccccc6)cncc5c4c3)c3ccccc23)CC1. The zero-order valence-electron chi connectivity index (χ0n) is 21.3. The van der Waals surface area contributed by atoms with Crippen molar-refractivity contribution in [1.29, 1.82) is 0 Å². The van der Waals surface area contributed by atoms with E-state index in [1.165, 1.54) is 48.0 Å². The van der Waals surface area contributed by atoms with E-state index < -0.39 is 0 Å². The van der Waals surface area contributed by atoms with Crippen LogP contribution < -0.4 is 4.90 Å². The van der Waals surface area contributed by atoms with Gasteiger partial charge in [0.25, 0.3) is 0 Å². The van der Waals surface area contributed by atoms with Crippen molar-refractivity contribution in [2.75, 3.05) is 4.90 Å². The van der Waals surface area contributed by atoms with Gasteiger partial charge >= 0.3 is 0 Å². The van der Waals surface area contributed by atoms with E-state index in [0.717, 1.165) is 29.9 Å². The third-order valence-corrected chi connectivity index (χ3v) is 8.93. The Labute approximate surface area is 230 Å². The Hall–Kier alpha value is -4.67. The summed E-state index contributed by atoms with van der Waals surface area (Å²) in [5.41, 5.74) is 8.58. The molecule has 0 saturated heterocycles. The summed E-state index contributed by atoms with van der Waals surface area (Å²) in [5, 5.41) is 3.77. The largest absolute Gasteiger partial charge is 0.313 e. The Morgan fingerprint density at radius 3 is 2.26 bits per heavy atom. The van der Waals surface area contributed by atoms with Gasteiger partial charge in [0.05, 0.1) is 22.1 Å². The van der Waals surface area contributed by atoms with Crippen LogP contribution in [0.4, 0.5) is 17.1 Å². The van der Waals surface area contributed by atoms with Gasteiger partial charge in [-0.15, -0.1) is 11.3 Å². The molecule has 0 unspecified atom stereocenters. The number of allylic oxidation sites excluding steroid dienone is 1. The normalized spacial score (nSPS) is 12.8. The fourth-order valence-electron chi connectivity index (χ4n) is 6.01. The molecule has 0 saturated carbocycles. The number of fused-ring (bicyclic) bond motifs is 6. The second-order valence-electron chi connectivity index (χ2n) is 9.98. The number of nitrogens with zero attached hydrogens (tertiary/aromatic N) is 3. The van der Waals surface area contributed by atoms with Crippen LogP contribution >= 0.6 is 11.3 Å². The van der Waals surface area contributed by atoms with Gasteiger partial charge in [0.1, 0.15) is 0 Å². The van der Waals surface area contributed by atoms with Crippen LogP contribution in [0, 0.1) is 0 Å². The average molecular weight is 520 g/mol. The van der Waals surface area contributed by atoms with Gasteiger partial charge in [0, 0.05) is 55.4 Å². The molecule has 186 valence electrons. The van der Waals surface area contributed by atoms with Crippen LogP contribution in [0.2, 0.25) is 0 Å². The number of aromatic nitrogens is 2. The predicted octanol–water partition coefficient (Wildman–Crippen LogP) is 9.82. The molecule has 3 aromatic heterocycles. The van der Waals surface area contributed by atoms with Crippen LogP contribution in [0.1, 0.15) is 17.7 Å². The maximum Gasteiger partial charge on any atom is 0.0824 e. The monoisotopic (exact) mass is 519 g/mol. The highest BCUT2D eigenvalue weighted by molar-refractivity contribution is 7.26. The quantitative estimate of drug-likeness (QED) is 0.231. The lowest BCUT2D eigenvalue weighted by molar-refractivity contribution is 0.889. The van der Waals surface area contributed by atoms with E-state index in [4.69, 9.17) is 4.98 Å². The number of hydrogen-bond donors (Lipinski definition) is 0. The Morgan fingerprint density at radius 1 is 0.718 bits per heavy atom. The van der Waals surface area contributed by atoms with Crippen molar-refractivity contribution in [2.24, 2.45) is 0 Å². The van der Waals surface area contributed by atoms with Gasteiger partial charge in [-0.2, -0.15) is 0 Å². The maximum absolute atomic E-state index is 4.77. The Bertz CT molecular complexity index is 1980. The lowest BCUT2D eigenvalue weighted by Crippen LogP contribution is -2.10. The van der Waals surface area contributed by atoms with E-state index in [2.05, 4.69) is 125 Å². The molecule has 7 aromatic rings. The van der Waals surface area contributed by atoms with Crippen molar-refractivity contribution in [3.63, 3.8) is 0 Å². The first-order valence-corrected chi connectivity index (χ1v) is 14.2. The molecule has 3 nitrogen and oxygen atoms in total. The van der Waals surface area contributed by atoms with Crippen LogP contribution in [0.15, 0.2) is 122 Å². The number of rotatable bonds is 4. The van der Waals surface area contributed by atoms with Crippen LogP contribution in [-0.2, 0) is 6.42 Å². The van der Waals surface area contributed by atoms with E-state index in [1.54, 1.807) is 0 Å². The molecule has 39 heavy (non-hydrogen) atoms. The number of benzene rings is 4. The molecular weight excluding hydrogens is 494 g/mol. The summed E-state index contributed by atoms with van der Waals surface area (Å²) in [7, 11) is 0. The number of para-hydroxylation sites is 3. The van der Waals surface area contributed by atoms with Crippen molar-refractivity contribution in [3.05, 3.63) is 133 Å². The first-order chi connectivity index (χ1) is 19.4. The highest BCUT2D eigenvalue weighted by Crippen LogP contribution is 2.45. The Kier molecular flexibility index (Phi) is 5.13. The summed E-state index contributed by atoms with van der Waals surface area (Å²) in [6.07, 6.45) is 10.8. The van der Waals surface area contributed by atoms with Crippen LogP contribution in [0.5, 0.6) is 0 Å². The topological polar surface area (TPSA) is 21.1 Å². The van der Waals surface area contributed by atoms with E-state index in [1.807, 2.05) is 23.7 Å². The molecule has 1 aliphatic rings. The fourth-order valence-corrected chi connectivity index (χ4v) is 7.17. The molecule has 0 spiro atoms. The third kappa shape index (κ3) is 3.53. The summed E-state index contributed by atoms with van der Waals surface area (Å²) < 4.78 is 4.98. The lowest BCUT2D eigenvalue weighted by atomic mass is 10.0. The zero-order valence-corrected chi connectivity index (χ0v) is 22.1. The van der Waals surface area contributed by atoms with Gasteiger partial charge in [0.15, 0.2) is 0 Å². The second kappa shape index (κ2) is 8.97. The number of anilines is 3. The highest BCUT2D eigenvalue weighted by atomic mass is 32.1. The van der Waals surface area contributed by atoms with Crippen molar-refractivity contribution in [1.82, 2.24) is 9.55 Å². The predicted molar refractivity (Wildman–Crippen MR) is 166 cm³/mol. The van der Waals surface area contributed by atoms with Gasteiger partial charge in [-0.1, -0.05) is 66.7 Å². The molecular formula is C35H25N3S. The van der Waals surface area contributed by atoms with Crippen molar-refractivity contribution in [3.8, 4) is 5.69 Å². The van der Waals surface area contributed by atoms with Crippen molar-refractivity contribution in [2.45, 2.75) is 12.8 Å². The molecule has 4 aromatic carbocycles. The summed E-state index contributed by atoms with van der Waals surface area (Å²) in [5.74, 6) is 0. The fraction of sp³-hybridized carbons (Fsp3) is 0.0571. The first-order valence-electron chi connectivity index (χ1n) is 13.4. The minimum atomic E-state index is 1.05. The smallest absolute Gasteiger partial charge is 0.0824 e. The van der Waals surface area contributed by atoms with Crippen molar-refractivity contribution >= 4 is 65.6 Å². The third-order valence-electron chi connectivity index (χ3n) is 7.72. The minimum absolute atomic E-state index is 1.05. The van der Waals surface area contributed by atoms with E-state index >= 15 is 0 Å². The summed E-state index contributed by atoms with van der Waals surface area (Å²) >= 11 is 1.84. The maximum atomic E-state index is 4.77. The molecule has 1 aliphatic carbocycles. The molecule has 0 amide bonds. The summed E-state index contributed by atoms with van der Waals surface area (Å²) in [4.78, 5) is 7.08. The van der Waals surface area contributed by atoms with Crippen molar-refractivity contribution < 1.29 is 0 Å². The number of pyridine rings is 1. The van der Waals surface area contributed by atoms with Gasteiger partial charge < -0.3 is 9.47 Å². The zero-order chi connectivity index (χ0) is 25.8. The number of hydrogen-bond acceptors (Lipinski definition) is 3. The summed E-state index contributed by atoms with van der Waals surface area (Å²) in [6.45, 7) is 0. The minimum Gasteiger partial charge on any atom is -0.313 e. The van der Waals surface area contributed by atoms with Gasteiger partial charge in [-0.25, -0.2) is 0 Å². The Morgan fingerprint density at radius 2 is 1.46 bits per heavy atom. The van der Waals surface area contributed by atoms with Gasteiger partial charge in [-0.3, -0.25) is 4.98 Å². The molecule has 0 aliphatic heterocycles. The molecule has 0 fully saturated rings. The highest BCUT2D eigenvalue weighted by Gasteiger charge is 2.21. The summed E-state index contributed by atoms with van der Waals surface area (Å²) in [6, 6.07) is 36.8. The lowest BCUT2D eigenvalue weighted by Gasteiger charge is -2.25. The number of thiophene rings is 1. The molecule has 0 N–H and O–H groups in total. The van der Waals surface area contributed by atoms with Crippen LogP contribution in [0.3, 0.4) is 0 Å². The van der Waals surface area contributed by atoms with Crippen LogP contribution in [-0.4, -0.2) is 9.55 Å². The molecule has 0 atom stereocenters. The van der Waals surface area contributed by atoms with E-state index in [-0.39, 0.29) is 0 Å². The molecule has 8 rings (SSSR count). The molecule has 0 bridgehead atoms. The standard InChI is InChI=1S/C35H25N3S/c1-3-11-24(12-4-1)37(25-13-5-2-6-14-25)33-23-36-22-30-29-21-26(19-20-34(29)39-35(30)33)38-31-17-9-7-15-27(31)28-16-8-10-18-32(28)38/h1-9,11-17,19-23H,10,18H2. The average Bonchev–Trinajstić information content (AvgIpc) is 3.54.